The van der Waals surface area contributed by atoms with Crippen LogP contribution in [0.15, 0.2) is 0 Å². The summed E-state index contributed by atoms with van der Waals surface area (Å²) >= 11 is 0. The highest BCUT2D eigenvalue weighted by Gasteiger charge is 2.18. The minimum atomic E-state index is -3.01. The molecule has 0 radical (unpaired) electrons. The Bertz CT molecular complexity index is 240. The van der Waals surface area contributed by atoms with Gasteiger partial charge in [-0.05, 0) is 12.8 Å². The molecule has 1 saturated heterocycles. The van der Waals surface area contributed by atoms with Crippen LogP contribution in [0.4, 0.5) is 8.78 Å². The molecule has 0 aromatic carbocycles. The Morgan fingerprint density at radius 2 is 1.87 bits per heavy atom. The molecule has 0 atom stereocenters. The first kappa shape index (κ1) is 11.9. The highest BCUT2D eigenvalue weighted by molar-refractivity contribution is 5.80. The van der Waals surface area contributed by atoms with E-state index in [0.717, 1.165) is 25.9 Å². The van der Waals surface area contributed by atoms with Crippen molar-refractivity contribution in [2.45, 2.75) is 25.7 Å². The Kier molecular flexibility index (Phi) is 4.45. The molecule has 4 nitrogen and oxygen atoms in total. The number of halogens is 2. The van der Waals surface area contributed by atoms with Crippen molar-refractivity contribution in [3.63, 3.8) is 0 Å². The summed E-state index contributed by atoms with van der Waals surface area (Å²) in [4.78, 5) is 23.5. The fraction of sp³-hybridized carbons (Fsp3) is 0.778. The molecule has 0 spiro atoms. The SMILES string of the molecule is O=C(NCCC(=O)N1CCCC1)C(F)F. The largest absolute Gasteiger partial charge is 0.351 e. The van der Waals surface area contributed by atoms with Crippen LogP contribution in [0, 0.1) is 0 Å². The maximum absolute atomic E-state index is 11.7. The normalized spacial score (nSPS) is 15.8. The maximum Gasteiger partial charge on any atom is 0.315 e. The molecule has 1 fully saturated rings. The van der Waals surface area contributed by atoms with Gasteiger partial charge in [-0.1, -0.05) is 0 Å². The van der Waals surface area contributed by atoms with Gasteiger partial charge < -0.3 is 10.2 Å². The lowest BCUT2D eigenvalue weighted by atomic mass is 10.3. The number of nitrogens with one attached hydrogen (secondary N) is 1. The number of rotatable bonds is 4. The van der Waals surface area contributed by atoms with E-state index < -0.39 is 12.3 Å². The number of carbonyl (C=O) groups excluding carboxylic acids is 2. The maximum atomic E-state index is 11.7. The summed E-state index contributed by atoms with van der Waals surface area (Å²) in [6.45, 7) is 1.46. The third-order valence-corrected chi connectivity index (χ3v) is 2.30. The standard InChI is InChI=1S/C9H14F2N2O2/c10-8(11)9(15)12-4-3-7(14)13-5-1-2-6-13/h8H,1-6H2,(H,12,15). The molecule has 1 N–H and O–H groups in total. The molecule has 1 aliphatic heterocycles. The van der Waals surface area contributed by atoms with Gasteiger partial charge in [0, 0.05) is 26.1 Å². The second-order valence-electron chi connectivity index (χ2n) is 3.43. The Labute approximate surface area is 86.6 Å². The van der Waals surface area contributed by atoms with Crippen LogP contribution in [-0.2, 0) is 9.59 Å². The number of nitrogens with zero attached hydrogens (tertiary/aromatic N) is 1. The van der Waals surface area contributed by atoms with Crippen molar-refractivity contribution in [1.29, 1.82) is 0 Å². The molecule has 0 unspecified atom stereocenters. The van der Waals surface area contributed by atoms with Crippen molar-refractivity contribution < 1.29 is 18.4 Å². The van der Waals surface area contributed by atoms with Gasteiger partial charge in [-0.25, -0.2) is 0 Å². The van der Waals surface area contributed by atoms with E-state index in [1.807, 2.05) is 5.32 Å². The number of alkyl halides is 2. The zero-order valence-electron chi connectivity index (χ0n) is 8.34. The number of likely N-dealkylation sites (tertiary alicyclic amines) is 1. The summed E-state index contributed by atoms with van der Waals surface area (Å²) in [5, 5.41) is 2.00. The summed E-state index contributed by atoms with van der Waals surface area (Å²) < 4.78 is 23.5. The Morgan fingerprint density at radius 3 is 2.40 bits per heavy atom. The van der Waals surface area contributed by atoms with Gasteiger partial charge in [0.25, 0.3) is 5.91 Å². The van der Waals surface area contributed by atoms with Crippen LogP contribution in [0.3, 0.4) is 0 Å². The highest BCUT2D eigenvalue weighted by Crippen LogP contribution is 2.08. The second-order valence-corrected chi connectivity index (χ2v) is 3.43. The van der Waals surface area contributed by atoms with Gasteiger partial charge in [0.2, 0.25) is 5.91 Å². The van der Waals surface area contributed by atoms with Crippen LogP contribution >= 0.6 is 0 Å². The molecule has 86 valence electrons. The van der Waals surface area contributed by atoms with Crippen LogP contribution in [0.25, 0.3) is 0 Å². The van der Waals surface area contributed by atoms with Gasteiger partial charge in [0.15, 0.2) is 0 Å². The summed E-state index contributed by atoms with van der Waals surface area (Å²) in [5.41, 5.74) is 0. The lowest BCUT2D eigenvalue weighted by molar-refractivity contribution is -0.132. The summed E-state index contributed by atoms with van der Waals surface area (Å²) in [6.07, 6.45) is -0.921. The minimum absolute atomic E-state index is 0.0154. The molecule has 0 aromatic heterocycles. The molecular formula is C9H14F2N2O2. The number of hydrogen-bond acceptors (Lipinski definition) is 2. The lowest BCUT2D eigenvalue weighted by Gasteiger charge is -2.14. The van der Waals surface area contributed by atoms with E-state index >= 15 is 0 Å². The van der Waals surface area contributed by atoms with Crippen LogP contribution in [0.2, 0.25) is 0 Å². The first-order valence-corrected chi connectivity index (χ1v) is 4.95. The topological polar surface area (TPSA) is 49.4 Å². The molecule has 1 aliphatic rings. The van der Waals surface area contributed by atoms with Crippen molar-refractivity contribution >= 4 is 11.8 Å². The van der Waals surface area contributed by atoms with Gasteiger partial charge in [-0.15, -0.1) is 0 Å². The summed E-state index contributed by atoms with van der Waals surface area (Å²) in [5.74, 6) is -1.40. The molecule has 0 bridgehead atoms. The molecular weight excluding hydrogens is 206 g/mol. The Morgan fingerprint density at radius 1 is 1.27 bits per heavy atom. The zero-order valence-corrected chi connectivity index (χ0v) is 8.34. The van der Waals surface area contributed by atoms with E-state index in [0.29, 0.717) is 0 Å². The number of hydrogen-bond donors (Lipinski definition) is 1. The van der Waals surface area contributed by atoms with E-state index in [4.69, 9.17) is 0 Å². The molecule has 1 heterocycles. The number of amides is 2. The van der Waals surface area contributed by atoms with Crippen LogP contribution in [0.5, 0.6) is 0 Å². The van der Waals surface area contributed by atoms with Crippen molar-refractivity contribution in [2.75, 3.05) is 19.6 Å². The molecule has 1 rings (SSSR count). The molecule has 15 heavy (non-hydrogen) atoms. The average molecular weight is 220 g/mol. The smallest absolute Gasteiger partial charge is 0.315 e. The molecule has 0 aliphatic carbocycles. The second kappa shape index (κ2) is 5.63. The lowest BCUT2D eigenvalue weighted by Crippen LogP contribution is -2.35. The van der Waals surface area contributed by atoms with Crippen LogP contribution in [0.1, 0.15) is 19.3 Å². The zero-order chi connectivity index (χ0) is 11.3. The third-order valence-electron chi connectivity index (χ3n) is 2.30. The van der Waals surface area contributed by atoms with Crippen molar-refractivity contribution in [3.8, 4) is 0 Å². The Balaban J connectivity index is 2.14. The summed E-state index contributed by atoms with van der Waals surface area (Å²) in [6, 6.07) is 0. The summed E-state index contributed by atoms with van der Waals surface area (Å²) in [7, 11) is 0. The predicted molar refractivity (Wildman–Crippen MR) is 49.4 cm³/mol. The molecule has 2 amide bonds. The van der Waals surface area contributed by atoms with Crippen LogP contribution < -0.4 is 5.32 Å². The van der Waals surface area contributed by atoms with Crippen molar-refractivity contribution in [1.82, 2.24) is 10.2 Å². The van der Waals surface area contributed by atoms with E-state index in [-0.39, 0.29) is 18.9 Å². The van der Waals surface area contributed by atoms with Gasteiger partial charge in [0.05, 0.1) is 0 Å². The van der Waals surface area contributed by atoms with E-state index in [9.17, 15) is 18.4 Å². The quantitative estimate of drug-likeness (QED) is 0.744. The van der Waals surface area contributed by atoms with Gasteiger partial charge in [0.1, 0.15) is 0 Å². The third kappa shape index (κ3) is 3.81. The average Bonchev–Trinajstić information content (AvgIpc) is 2.70. The fourth-order valence-electron chi connectivity index (χ4n) is 1.49. The molecule has 0 saturated carbocycles. The van der Waals surface area contributed by atoms with Crippen molar-refractivity contribution in [2.24, 2.45) is 0 Å². The van der Waals surface area contributed by atoms with E-state index in [1.165, 1.54) is 0 Å². The first-order valence-electron chi connectivity index (χ1n) is 4.95. The van der Waals surface area contributed by atoms with E-state index in [1.54, 1.807) is 4.90 Å². The van der Waals surface area contributed by atoms with Gasteiger partial charge >= 0.3 is 6.43 Å². The molecule has 0 aromatic rings. The van der Waals surface area contributed by atoms with Gasteiger partial charge in [-0.3, -0.25) is 9.59 Å². The first-order chi connectivity index (χ1) is 7.11. The Hall–Kier alpha value is -1.20. The predicted octanol–water partition coefficient (Wildman–Crippen LogP) is 0.380. The number of carbonyl (C=O) groups is 2. The highest BCUT2D eigenvalue weighted by atomic mass is 19.3. The van der Waals surface area contributed by atoms with Gasteiger partial charge in [-0.2, -0.15) is 8.78 Å². The van der Waals surface area contributed by atoms with Crippen molar-refractivity contribution in [3.05, 3.63) is 0 Å². The van der Waals surface area contributed by atoms with E-state index in [2.05, 4.69) is 0 Å². The monoisotopic (exact) mass is 220 g/mol. The van der Waals surface area contributed by atoms with Crippen LogP contribution in [-0.4, -0.2) is 42.8 Å². The fourth-order valence-corrected chi connectivity index (χ4v) is 1.49. The minimum Gasteiger partial charge on any atom is -0.351 e. The molecule has 6 heteroatoms.